The third kappa shape index (κ3) is 3.80. The molecule has 3 rings (SSSR count). The van der Waals surface area contributed by atoms with Crippen molar-refractivity contribution in [1.82, 2.24) is 5.32 Å². The lowest BCUT2D eigenvalue weighted by molar-refractivity contribution is -0.124. The summed E-state index contributed by atoms with van der Waals surface area (Å²) in [5.41, 5.74) is 0.685. The van der Waals surface area contributed by atoms with Gasteiger partial charge in [-0.15, -0.1) is 0 Å². The summed E-state index contributed by atoms with van der Waals surface area (Å²) in [6, 6.07) is 5.33. The van der Waals surface area contributed by atoms with E-state index in [1.165, 1.54) is 19.3 Å². The fourth-order valence-electron chi connectivity index (χ4n) is 3.04. The zero-order valence-electron chi connectivity index (χ0n) is 14.3. The highest BCUT2D eigenvalue weighted by Gasteiger charge is 2.32. The van der Waals surface area contributed by atoms with Crippen LogP contribution in [0.25, 0.3) is 0 Å². The summed E-state index contributed by atoms with van der Waals surface area (Å²) in [6.45, 7) is 3.97. The second kappa shape index (κ2) is 6.71. The summed E-state index contributed by atoms with van der Waals surface area (Å²) < 4.78 is 5.75. The fraction of sp³-hybridized carbons (Fsp3) is 0.556. The SMILES string of the molecule is CC1(C)COc2cc(NC(=O)NC3CCCCC3)ccc2NC1=O. The van der Waals surface area contributed by atoms with Gasteiger partial charge in [0, 0.05) is 17.8 Å². The van der Waals surface area contributed by atoms with Gasteiger partial charge in [0.15, 0.2) is 0 Å². The van der Waals surface area contributed by atoms with E-state index in [0.29, 0.717) is 23.7 Å². The molecule has 0 atom stereocenters. The molecule has 6 heteroatoms. The van der Waals surface area contributed by atoms with Gasteiger partial charge < -0.3 is 20.7 Å². The van der Waals surface area contributed by atoms with E-state index in [9.17, 15) is 9.59 Å². The molecule has 0 aromatic heterocycles. The molecule has 6 nitrogen and oxygen atoms in total. The Bertz CT molecular complexity index is 636. The molecule has 0 radical (unpaired) electrons. The molecule has 1 aliphatic heterocycles. The molecule has 3 amide bonds. The second-order valence-corrected chi connectivity index (χ2v) is 7.27. The maximum Gasteiger partial charge on any atom is 0.319 e. The van der Waals surface area contributed by atoms with Crippen molar-refractivity contribution in [1.29, 1.82) is 0 Å². The van der Waals surface area contributed by atoms with Crippen molar-refractivity contribution in [3.05, 3.63) is 18.2 Å². The van der Waals surface area contributed by atoms with Crippen molar-refractivity contribution < 1.29 is 14.3 Å². The summed E-state index contributed by atoms with van der Waals surface area (Å²) >= 11 is 0. The van der Waals surface area contributed by atoms with Crippen LogP contribution in [0.3, 0.4) is 0 Å². The van der Waals surface area contributed by atoms with Crippen LogP contribution in [-0.4, -0.2) is 24.6 Å². The Balaban J connectivity index is 1.65. The molecule has 130 valence electrons. The Labute approximate surface area is 142 Å². The number of carbonyl (C=O) groups excluding carboxylic acids is 2. The molecule has 0 unspecified atom stereocenters. The number of carbonyl (C=O) groups is 2. The molecule has 1 aromatic rings. The minimum Gasteiger partial charge on any atom is -0.490 e. The Kier molecular flexibility index (Phi) is 4.64. The standard InChI is InChI=1S/C18H25N3O3/c1-18(2)11-24-15-10-13(8-9-14(15)21-16(18)22)20-17(23)19-12-6-4-3-5-7-12/h8-10,12H,3-7,11H2,1-2H3,(H,21,22)(H2,19,20,23). The largest absolute Gasteiger partial charge is 0.490 e. The minimum atomic E-state index is -0.592. The number of amides is 3. The maximum absolute atomic E-state index is 12.1. The van der Waals surface area contributed by atoms with E-state index in [2.05, 4.69) is 16.0 Å². The molecule has 0 bridgehead atoms. The van der Waals surface area contributed by atoms with E-state index >= 15 is 0 Å². The first kappa shape index (κ1) is 16.6. The quantitative estimate of drug-likeness (QED) is 0.776. The van der Waals surface area contributed by atoms with Crippen LogP contribution in [0, 0.1) is 5.41 Å². The maximum atomic E-state index is 12.1. The Morgan fingerprint density at radius 3 is 2.75 bits per heavy atom. The molecule has 0 saturated heterocycles. The highest BCUT2D eigenvalue weighted by Crippen LogP contribution is 2.34. The normalized spacial score (nSPS) is 20.2. The first-order valence-electron chi connectivity index (χ1n) is 8.60. The van der Waals surface area contributed by atoms with Gasteiger partial charge in [0.2, 0.25) is 5.91 Å². The number of hydrogen-bond acceptors (Lipinski definition) is 3. The van der Waals surface area contributed by atoms with Crippen molar-refractivity contribution in [2.24, 2.45) is 5.41 Å². The van der Waals surface area contributed by atoms with E-state index in [1.807, 2.05) is 13.8 Å². The summed E-state index contributed by atoms with van der Waals surface area (Å²) in [7, 11) is 0. The highest BCUT2D eigenvalue weighted by atomic mass is 16.5. The smallest absolute Gasteiger partial charge is 0.319 e. The van der Waals surface area contributed by atoms with Gasteiger partial charge in [0.1, 0.15) is 12.4 Å². The molecule has 1 heterocycles. The van der Waals surface area contributed by atoms with E-state index in [1.54, 1.807) is 18.2 Å². The van der Waals surface area contributed by atoms with Gasteiger partial charge in [-0.25, -0.2) is 4.79 Å². The van der Waals surface area contributed by atoms with Crippen LogP contribution in [0.1, 0.15) is 46.0 Å². The predicted molar refractivity (Wildman–Crippen MR) is 93.4 cm³/mol. The van der Waals surface area contributed by atoms with E-state index in [4.69, 9.17) is 4.74 Å². The van der Waals surface area contributed by atoms with E-state index in [0.717, 1.165) is 12.8 Å². The van der Waals surface area contributed by atoms with Crippen LogP contribution >= 0.6 is 0 Å². The number of anilines is 2. The molecule has 1 saturated carbocycles. The zero-order chi connectivity index (χ0) is 17.2. The predicted octanol–water partition coefficient (Wildman–Crippen LogP) is 3.50. The zero-order valence-corrected chi connectivity index (χ0v) is 14.3. The first-order valence-corrected chi connectivity index (χ1v) is 8.60. The lowest BCUT2D eigenvalue weighted by atomic mass is 9.94. The van der Waals surface area contributed by atoms with Crippen molar-refractivity contribution in [3.63, 3.8) is 0 Å². The molecule has 3 N–H and O–H groups in total. The molecule has 1 fully saturated rings. The lowest BCUT2D eigenvalue weighted by Crippen LogP contribution is -2.39. The average molecular weight is 331 g/mol. The number of ether oxygens (including phenoxy) is 1. The number of nitrogens with one attached hydrogen (secondary N) is 3. The summed E-state index contributed by atoms with van der Waals surface area (Å²) in [5.74, 6) is 0.501. The van der Waals surface area contributed by atoms with Gasteiger partial charge in [-0.3, -0.25) is 4.79 Å². The highest BCUT2D eigenvalue weighted by molar-refractivity contribution is 5.97. The number of rotatable bonds is 2. The van der Waals surface area contributed by atoms with Crippen molar-refractivity contribution in [2.45, 2.75) is 52.0 Å². The van der Waals surface area contributed by atoms with Crippen molar-refractivity contribution >= 4 is 23.3 Å². The molecule has 0 spiro atoms. The van der Waals surface area contributed by atoms with Crippen LogP contribution in [0.4, 0.5) is 16.2 Å². The third-order valence-electron chi connectivity index (χ3n) is 4.63. The molecular formula is C18H25N3O3. The third-order valence-corrected chi connectivity index (χ3v) is 4.63. The summed E-state index contributed by atoms with van der Waals surface area (Å²) in [4.78, 5) is 24.3. The van der Waals surface area contributed by atoms with Gasteiger partial charge >= 0.3 is 6.03 Å². The summed E-state index contributed by atoms with van der Waals surface area (Å²) in [5, 5.41) is 8.73. The van der Waals surface area contributed by atoms with Crippen LogP contribution in [0.2, 0.25) is 0 Å². The molecular weight excluding hydrogens is 306 g/mol. The van der Waals surface area contributed by atoms with Crippen LogP contribution in [0.5, 0.6) is 5.75 Å². The number of benzene rings is 1. The topological polar surface area (TPSA) is 79.5 Å². The van der Waals surface area contributed by atoms with Crippen LogP contribution in [0.15, 0.2) is 18.2 Å². The molecule has 24 heavy (non-hydrogen) atoms. The lowest BCUT2D eigenvalue weighted by Gasteiger charge is -2.23. The fourth-order valence-corrected chi connectivity index (χ4v) is 3.04. The number of fused-ring (bicyclic) bond motifs is 1. The minimum absolute atomic E-state index is 0.0722. The van der Waals surface area contributed by atoms with Gasteiger partial charge in [0.05, 0.1) is 11.1 Å². The monoisotopic (exact) mass is 331 g/mol. The molecule has 2 aliphatic rings. The Morgan fingerprint density at radius 1 is 1.25 bits per heavy atom. The first-order chi connectivity index (χ1) is 11.4. The summed E-state index contributed by atoms with van der Waals surface area (Å²) in [6.07, 6.45) is 5.69. The van der Waals surface area contributed by atoms with Gasteiger partial charge in [-0.1, -0.05) is 19.3 Å². The van der Waals surface area contributed by atoms with Gasteiger partial charge in [-0.2, -0.15) is 0 Å². The Hall–Kier alpha value is -2.24. The van der Waals surface area contributed by atoms with E-state index in [-0.39, 0.29) is 18.0 Å². The van der Waals surface area contributed by atoms with Crippen molar-refractivity contribution in [3.8, 4) is 5.75 Å². The van der Waals surface area contributed by atoms with Crippen LogP contribution in [-0.2, 0) is 4.79 Å². The number of urea groups is 1. The molecule has 1 aromatic carbocycles. The molecule has 1 aliphatic carbocycles. The second-order valence-electron chi connectivity index (χ2n) is 7.27. The van der Waals surface area contributed by atoms with Crippen molar-refractivity contribution in [2.75, 3.05) is 17.2 Å². The van der Waals surface area contributed by atoms with Gasteiger partial charge in [0.25, 0.3) is 0 Å². The average Bonchev–Trinajstić information content (AvgIpc) is 2.65. The Morgan fingerprint density at radius 2 is 2.00 bits per heavy atom. The van der Waals surface area contributed by atoms with E-state index < -0.39 is 5.41 Å². The van der Waals surface area contributed by atoms with Gasteiger partial charge in [-0.05, 0) is 38.8 Å². The van der Waals surface area contributed by atoms with Crippen LogP contribution < -0.4 is 20.7 Å². The number of hydrogen-bond donors (Lipinski definition) is 3.